The number of anilines is 4. The average Bonchev–Trinajstić information content (AvgIpc) is 3.33. The van der Waals surface area contributed by atoms with E-state index in [4.69, 9.17) is 22.6 Å². The lowest BCUT2D eigenvalue weighted by Crippen LogP contribution is -2.57. The maximum atomic E-state index is 13.4. The van der Waals surface area contributed by atoms with Gasteiger partial charge in [-0.1, -0.05) is 35.1 Å². The van der Waals surface area contributed by atoms with E-state index in [0.29, 0.717) is 10.7 Å². The minimum atomic E-state index is -3.60. The smallest absolute Gasteiger partial charge is 0.267 e. The number of hydrogen-bond donors (Lipinski definition) is 3. The number of carbonyl (C=O) groups is 1. The SMILES string of the molecule is [2H]C1([2H])N(c2cc(Nc3ncc(C(=O)Nc4c(C)cccc4Cl)s3)nc(C)n2)C([2H])([2H])C([2H])([2H])[N+]([O-])(CCO)C1([2H])[2H]. The molecule has 3 heterocycles. The summed E-state index contributed by atoms with van der Waals surface area (Å²) in [6.07, 6.45) is 1.29. The molecule has 12 heteroatoms. The van der Waals surface area contributed by atoms with Crippen LogP contribution in [0.15, 0.2) is 30.5 Å². The molecule has 1 saturated heterocycles. The highest BCUT2D eigenvalue weighted by atomic mass is 35.5. The van der Waals surface area contributed by atoms with Gasteiger partial charge in [0.2, 0.25) is 0 Å². The number of nitrogens with one attached hydrogen (secondary N) is 2. The van der Waals surface area contributed by atoms with Crippen molar-refractivity contribution in [2.24, 2.45) is 0 Å². The molecule has 180 valence electrons. The van der Waals surface area contributed by atoms with E-state index in [1.165, 1.54) is 13.1 Å². The number of carbonyl (C=O) groups excluding carboxylic acids is 1. The molecule has 10 nitrogen and oxygen atoms in total. The van der Waals surface area contributed by atoms with Crippen LogP contribution in [0, 0.1) is 19.1 Å². The fourth-order valence-corrected chi connectivity index (χ4v) is 3.91. The molecule has 1 fully saturated rings. The topological polar surface area (TPSA) is 126 Å². The Morgan fingerprint density at radius 1 is 1.35 bits per heavy atom. The summed E-state index contributed by atoms with van der Waals surface area (Å²) >= 11 is 7.12. The number of hydroxylamine groups is 3. The first kappa shape index (κ1) is 16.0. The minimum absolute atomic E-state index is 0.0322. The number of aliphatic hydroxyl groups excluding tert-OH is 1. The van der Waals surface area contributed by atoms with Crippen molar-refractivity contribution >= 4 is 51.3 Å². The monoisotopic (exact) mass is 511 g/mol. The number of quaternary nitrogens is 1. The number of thiazole rings is 1. The summed E-state index contributed by atoms with van der Waals surface area (Å²) in [5, 5.41) is 28.8. The third kappa shape index (κ3) is 5.62. The molecule has 0 radical (unpaired) electrons. The van der Waals surface area contributed by atoms with Crippen LogP contribution in [0.3, 0.4) is 0 Å². The number of hydrogen-bond acceptors (Lipinski definition) is 9. The van der Waals surface area contributed by atoms with Gasteiger partial charge in [0.15, 0.2) is 5.13 Å². The molecule has 0 unspecified atom stereocenters. The second-order valence-electron chi connectivity index (χ2n) is 7.17. The predicted molar refractivity (Wildman–Crippen MR) is 134 cm³/mol. The van der Waals surface area contributed by atoms with Gasteiger partial charge in [0.25, 0.3) is 5.91 Å². The molecule has 2 aromatic heterocycles. The molecule has 1 amide bonds. The molecule has 0 spiro atoms. The molecule has 1 aliphatic rings. The van der Waals surface area contributed by atoms with Gasteiger partial charge in [0, 0.05) is 6.07 Å². The van der Waals surface area contributed by atoms with Crippen molar-refractivity contribution in [1.82, 2.24) is 15.0 Å². The molecule has 0 bridgehead atoms. The number of para-hydroxylation sites is 1. The lowest BCUT2D eigenvalue weighted by Gasteiger charge is -2.48. The summed E-state index contributed by atoms with van der Waals surface area (Å²) in [4.78, 5) is 25.5. The van der Waals surface area contributed by atoms with E-state index < -0.39 is 55.5 Å². The zero-order valence-corrected chi connectivity index (χ0v) is 19.7. The molecule has 1 aromatic carbocycles. The summed E-state index contributed by atoms with van der Waals surface area (Å²) in [7, 11) is 0. The molecular formula is C22H26ClN7O3S. The van der Waals surface area contributed by atoms with Gasteiger partial charge in [-0.2, -0.15) is 0 Å². The van der Waals surface area contributed by atoms with Crippen LogP contribution >= 0.6 is 22.9 Å². The Hall–Kier alpha value is -2.83. The highest BCUT2D eigenvalue weighted by Gasteiger charge is 2.26. The summed E-state index contributed by atoms with van der Waals surface area (Å²) in [5.74, 6) is -1.14. The number of rotatable bonds is 7. The molecular weight excluding hydrogens is 478 g/mol. The van der Waals surface area contributed by atoms with Crippen molar-refractivity contribution in [3.8, 4) is 0 Å². The van der Waals surface area contributed by atoms with E-state index in [2.05, 4.69) is 25.6 Å². The Balaban J connectivity index is 1.68. The zero-order chi connectivity index (χ0) is 31.5. The Kier molecular flexibility index (Phi) is 4.79. The Labute approximate surface area is 217 Å². The number of aliphatic hydroxyl groups is 1. The van der Waals surface area contributed by atoms with Crippen molar-refractivity contribution in [3.05, 3.63) is 57.0 Å². The van der Waals surface area contributed by atoms with Crippen LogP contribution in [0.5, 0.6) is 0 Å². The van der Waals surface area contributed by atoms with Crippen molar-refractivity contribution in [2.45, 2.75) is 13.8 Å². The Morgan fingerprint density at radius 2 is 2.12 bits per heavy atom. The number of aromatic nitrogens is 3. The molecule has 34 heavy (non-hydrogen) atoms. The van der Waals surface area contributed by atoms with E-state index in [1.54, 1.807) is 25.1 Å². The largest absolute Gasteiger partial charge is 0.633 e. The number of piperazine rings is 1. The van der Waals surface area contributed by atoms with Crippen molar-refractivity contribution in [3.63, 3.8) is 0 Å². The third-order valence-corrected chi connectivity index (χ3v) is 5.80. The van der Waals surface area contributed by atoms with Crippen LogP contribution in [0.1, 0.15) is 32.0 Å². The van der Waals surface area contributed by atoms with Crippen LogP contribution in [0.4, 0.5) is 22.5 Å². The second-order valence-corrected chi connectivity index (χ2v) is 8.61. The van der Waals surface area contributed by atoms with Gasteiger partial charge in [0.05, 0.1) is 60.5 Å². The summed E-state index contributed by atoms with van der Waals surface area (Å²) < 4.78 is 64.6. The third-order valence-electron chi connectivity index (χ3n) is 4.58. The zero-order valence-electron chi connectivity index (χ0n) is 26.1. The van der Waals surface area contributed by atoms with Crippen molar-refractivity contribution in [1.29, 1.82) is 0 Å². The van der Waals surface area contributed by atoms with Gasteiger partial charge < -0.3 is 30.5 Å². The van der Waals surface area contributed by atoms with E-state index in [1.807, 2.05) is 0 Å². The second kappa shape index (κ2) is 10.2. The Morgan fingerprint density at radius 3 is 2.82 bits per heavy atom. The number of halogens is 1. The molecule has 0 atom stereocenters. The van der Waals surface area contributed by atoms with Gasteiger partial charge in [-0.05, 0) is 25.5 Å². The first-order valence-corrected chi connectivity index (χ1v) is 11.2. The van der Waals surface area contributed by atoms with Crippen LogP contribution in [0.2, 0.25) is 5.02 Å². The molecule has 1 aliphatic heterocycles. The number of nitrogens with zero attached hydrogens (tertiary/aromatic N) is 5. The molecule has 4 rings (SSSR count). The van der Waals surface area contributed by atoms with Crippen LogP contribution in [-0.4, -0.2) is 69.8 Å². The fourth-order valence-electron chi connectivity index (χ4n) is 2.93. The van der Waals surface area contributed by atoms with Crippen molar-refractivity contribution < 1.29 is 25.5 Å². The van der Waals surface area contributed by atoms with E-state index in [9.17, 15) is 15.1 Å². The maximum absolute atomic E-state index is 13.4. The number of aryl methyl sites for hydroxylation is 2. The van der Waals surface area contributed by atoms with E-state index >= 15 is 0 Å². The highest BCUT2D eigenvalue weighted by Crippen LogP contribution is 2.28. The Bertz CT molecular complexity index is 1480. The molecule has 0 saturated carbocycles. The van der Waals surface area contributed by atoms with E-state index in [-0.39, 0.29) is 26.6 Å². The van der Waals surface area contributed by atoms with Gasteiger partial charge >= 0.3 is 0 Å². The van der Waals surface area contributed by atoms with Gasteiger partial charge in [-0.15, -0.1) is 0 Å². The van der Waals surface area contributed by atoms with Gasteiger partial charge in [0.1, 0.15) is 28.9 Å². The first-order valence-electron chi connectivity index (χ1n) is 14.0. The summed E-state index contributed by atoms with van der Waals surface area (Å²) in [5.41, 5.74) is 1.19. The highest BCUT2D eigenvalue weighted by molar-refractivity contribution is 7.17. The van der Waals surface area contributed by atoms with Gasteiger partial charge in [-0.25, -0.2) is 15.0 Å². The lowest BCUT2D eigenvalue weighted by molar-refractivity contribution is -0.881. The lowest BCUT2D eigenvalue weighted by atomic mass is 10.2. The first-order chi connectivity index (χ1) is 19.3. The average molecular weight is 512 g/mol. The van der Waals surface area contributed by atoms with Crippen LogP contribution < -0.4 is 15.5 Å². The normalized spacial score (nSPS) is 24.7. The molecule has 3 N–H and O–H groups in total. The molecule has 3 aromatic rings. The summed E-state index contributed by atoms with van der Waals surface area (Å²) in [6.45, 7) is -13.1. The van der Waals surface area contributed by atoms with Crippen molar-refractivity contribution in [2.75, 3.05) is 54.7 Å². The summed E-state index contributed by atoms with van der Waals surface area (Å²) in [6, 6.07) is 6.20. The number of benzene rings is 1. The van der Waals surface area contributed by atoms with E-state index in [0.717, 1.165) is 23.0 Å². The van der Waals surface area contributed by atoms with Crippen LogP contribution in [-0.2, 0) is 0 Å². The standard InChI is InChI=1S/C22H26ClN7O3S/c1-14-4-3-5-16(23)20(14)28-21(32)17-13-24-22(34-17)27-18-12-19(26-15(2)25-18)29-6-8-30(33,9-7-29)10-11-31/h3-5,12-13,31H,6-11H2,1-2H3,(H,28,32)(H,24,25,26,27)/i6D2,7D2,8D2,9D2. The number of amides is 1. The predicted octanol–water partition coefficient (Wildman–Crippen LogP) is 3.33. The molecule has 0 aliphatic carbocycles. The minimum Gasteiger partial charge on any atom is -0.633 e. The maximum Gasteiger partial charge on any atom is 0.267 e. The fraction of sp³-hybridized carbons (Fsp3) is 0.364. The quantitative estimate of drug-likeness (QED) is 0.325. The van der Waals surface area contributed by atoms with Gasteiger partial charge in [-0.3, -0.25) is 4.79 Å². The van der Waals surface area contributed by atoms with Crippen LogP contribution in [0.25, 0.3) is 0 Å².